The van der Waals surface area contributed by atoms with E-state index in [0.29, 0.717) is 6.54 Å². The van der Waals surface area contributed by atoms with E-state index in [2.05, 4.69) is 15.2 Å². The fourth-order valence-corrected chi connectivity index (χ4v) is 2.98. The monoisotopic (exact) mass is 299 g/mol. The van der Waals surface area contributed by atoms with Crippen LogP contribution in [0, 0.1) is 0 Å². The van der Waals surface area contributed by atoms with Gasteiger partial charge in [0.05, 0.1) is 30.7 Å². The zero-order valence-corrected chi connectivity index (χ0v) is 12.6. The first-order valence-electron chi connectivity index (χ1n) is 7.80. The number of pyridine rings is 1. The smallest absolute Gasteiger partial charge is 0.238 e. The number of furan rings is 1. The number of hydrogen-bond acceptors (Lipinski definition) is 4. The zero-order chi connectivity index (χ0) is 15.2. The van der Waals surface area contributed by atoms with Crippen LogP contribution in [0.15, 0.2) is 47.3 Å². The van der Waals surface area contributed by atoms with Gasteiger partial charge in [-0.1, -0.05) is 12.8 Å². The van der Waals surface area contributed by atoms with E-state index in [1.54, 1.807) is 18.7 Å². The maximum Gasteiger partial charge on any atom is 0.238 e. The molecule has 3 rings (SSSR count). The van der Waals surface area contributed by atoms with Crippen molar-refractivity contribution in [2.45, 2.75) is 31.7 Å². The van der Waals surface area contributed by atoms with Crippen molar-refractivity contribution in [2.75, 3.05) is 18.4 Å². The molecule has 1 atom stereocenters. The second-order valence-electron chi connectivity index (χ2n) is 5.64. The van der Waals surface area contributed by atoms with Gasteiger partial charge in [0.15, 0.2) is 0 Å². The van der Waals surface area contributed by atoms with Crippen LogP contribution in [0.2, 0.25) is 0 Å². The lowest BCUT2D eigenvalue weighted by atomic mass is 10.1. The molecule has 0 aliphatic carbocycles. The molecule has 2 aromatic rings. The summed E-state index contributed by atoms with van der Waals surface area (Å²) >= 11 is 0. The topological polar surface area (TPSA) is 58.4 Å². The lowest BCUT2D eigenvalue weighted by Gasteiger charge is -2.27. The number of amides is 1. The summed E-state index contributed by atoms with van der Waals surface area (Å²) < 4.78 is 5.58. The summed E-state index contributed by atoms with van der Waals surface area (Å²) in [5, 5.41) is 2.90. The number of carbonyl (C=O) groups excluding carboxylic acids is 1. The molecule has 3 heterocycles. The van der Waals surface area contributed by atoms with Crippen molar-refractivity contribution in [3.05, 3.63) is 48.7 Å². The van der Waals surface area contributed by atoms with Crippen LogP contribution in [-0.4, -0.2) is 28.9 Å². The summed E-state index contributed by atoms with van der Waals surface area (Å²) in [6.07, 6.45) is 9.59. The van der Waals surface area contributed by atoms with Crippen LogP contribution in [0.1, 0.15) is 37.5 Å². The Morgan fingerprint density at radius 2 is 2.27 bits per heavy atom. The molecule has 1 aliphatic rings. The fraction of sp³-hybridized carbons (Fsp3) is 0.412. The summed E-state index contributed by atoms with van der Waals surface area (Å²) in [4.78, 5) is 18.5. The zero-order valence-electron chi connectivity index (χ0n) is 12.6. The van der Waals surface area contributed by atoms with E-state index in [9.17, 15) is 4.79 Å². The van der Waals surface area contributed by atoms with E-state index in [0.717, 1.165) is 30.8 Å². The molecular formula is C17H21N3O2. The second-order valence-corrected chi connectivity index (χ2v) is 5.64. The first kappa shape index (κ1) is 14.8. The summed E-state index contributed by atoms with van der Waals surface area (Å²) in [6, 6.07) is 7.76. The van der Waals surface area contributed by atoms with Crippen LogP contribution < -0.4 is 5.32 Å². The summed E-state index contributed by atoms with van der Waals surface area (Å²) in [5.41, 5.74) is 0.733. The van der Waals surface area contributed by atoms with Crippen molar-refractivity contribution in [1.29, 1.82) is 0 Å². The normalized spacial score (nSPS) is 19.5. The molecule has 5 heteroatoms. The largest absolute Gasteiger partial charge is 0.468 e. The molecule has 0 radical (unpaired) electrons. The number of rotatable bonds is 4. The first-order chi connectivity index (χ1) is 10.8. The molecule has 0 bridgehead atoms. The Bertz CT molecular complexity index is 583. The van der Waals surface area contributed by atoms with Gasteiger partial charge in [-0.3, -0.25) is 14.7 Å². The molecule has 22 heavy (non-hydrogen) atoms. The third-order valence-corrected chi connectivity index (χ3v) is 4.03. The Labute approximate surface area is 130 Å². The average Bonchev–Trinajstić information content (AvgIpc) is 2.96. The van der Waals surface area contributed by atoms with Crippen molar-refractivity contribution in [3.63, 3.8) is 0 Å². The number of likely N-dealkylation sites (tertiary alicyclic amines) is 1. The highest BCUT2D eigenvalue weighted by atomic mass is 16.3. The van der Waals surface area contributed by atoms with Crippen molar-refractivity contribution in [3.8, 4) is 0 Å². The minimum absolute atomic E-state index is 0.00791. The lowest BCUT2D eigenvalue weighted by Crippen LogP contribution is -2.36. The average molecular weight is 299 g/mol. The molecular weight excluding hydrogens is 278 g/mol. The Balaban J connectivity index is 1.66. The van der Waals surface area contributed by atoms with Crippen molar-refractivity contribution >= 4 is 11.6 Å². The van der Waals surface area contributed by atoms with Gasteiger partial charge in [-0.2, -0.15) is 0 Å². The van der Waals surface area contributed by atoms with Crippen molar-refractivity contribution in [1.82, 2.24) is 9.88 Å². The van der Waals surface area contributed by atoms with E-state index in [1.165, 1.54) is 12.8 Å². The standard InChI is InChI=1S/C17H21N3O2/c21-17(19-14-6-4-9-18-12-14)13-20-10-3-1-2-7-15(20)16-8-5-11-22-16/h4-6,8-9,11-12,15H,1-3,7,10,13H2,(H,19,21). The van der Waals surface area contributed by atoms with Gasteiger partial charge in [-0.05, 0) is 43.7 Å². The number of hydrogen-bond donors (Lipinski definition) is 1. The highest BCUT2D eigenvalue weighted by Crippen LogP contribution is 2.30. The van der Waals surface area contributed by atoms with E-state index in [-0.39, 0.29) is 11.9 Å². The molecule has 1 saturated heterocycles. The van der Waals surface area contributed by atoms with Gasteiger partial charge in [0.1, 0.15) is 5.76 Å². The maximum atomic E-state index is 12.3. The third-order valence-electron chi connectivity index (χ3n) is 4.03. The van der Waals surface area contributed by atoms with Gasteiger partial charge in [0, 0.05) is 6.20 Å². The molecule has 1 aliphatic heterocycles. The maximum absolute atomic E-state index is 12.3. The van der Waals surface area contributed by atoms with Gasteiger partial charge in [0.25, 0.3) is 0 Å². The van der Waals surface area contributed by atoms with Crippen molar-refractivity contribution < 1.29 is 9.21 Å². The number of nitrogens with one attached hydrogen (secondary N) is 1. The van der Waals surface area contributed by atoms with Crippen molar-refractivity contribution in [2.24, 2.45) is 0 Å². The quantitative estimate of drug-likeness (QED) is 0.941. The van der Waals surface area contributed by atoms with Crippen LogP contribution >= 0.6 is 0 Å². The van der Waals surface area contributed by atoms with Gasteiger partial charge in [-0.25, -0.2) is 0 Å². The molecule has 0 saturated carbocycles. The minimum atomic E-state index is -0.00791. The first-order valence-corrected chi connectivity index (χ1v) is 7.80. The van der Waals surface area contributed by atoms with Gasteiger partial charge < -0.3 is 9.73 Å². The molecule has 1 N–H and O–H groups in total. The predicted molar refractivity (Wildman–Crippen MR) is 84.4 cm³/mol. The van der Waals surface area contributed by atoms with Crippen LogP contribution in [0.25, 0.3) is 0 Å². The van der Waals surface area contributed by atoms with Crippen LogP contribution in [0.5, 0.6) is 0 Å². The van der Waals surface area contributed by atoms with Gasteiger partial charge in [0.2, 0.25) is 5.91 Å². The van der Waals surface area contributed by atoms with E-state index in [4.69, 9.17) is 4.42 Å². The summed E-state index contributed by atoms with van der Waals surface area (Å²) in [5.74, 6) is 0.947. The number of carbonyl (C=O) groups is 1. The number of aromatic nitrogens is 1. The number of nitrogens with zero attached hydrogens (tertiary/aromatic N) is 2. The summed E-state index contributed by atoms with van der Waals surface area (Å²) in [6.45, 7) is 1.30. The third kappa shape index (κ3) is 3.74. The highest BCUT2D eigenvalue weighted by molar-refractivity contribution is 5.92. The van der Waals surface area contributed by atoms with Gasteiger partial charge >= 0.3 is 0 Å². The van der Waals surface area contributed by atoms with Crippen LogP contribution in [0.3, 0.4) is 0 Å². The van der Waals surface area contributed by atoms with E-state index >= 15 is 0 Å². The Kier molecular flexibility index (Phi) is 4.85. The SMILES string of the molecule is O=C(CN1CCCCCC1c1ccco1)Nc1cccnc1. The Hall–Kier alpha value is -2.14. The second kappa shape index (κ2) is 7.22. The molecule has 0 aromatic carbocycles. The Morgan fingerprint density at radius 3 is 3.05 bits per heavy atom. The molecule has 1 unspecified atom stereocenters. The molecule has 2 aromatic heterocycles. The summed E-state index contributed by atoms with van der Waals surface area (Å²) in [7, 11) is 0. The van der Waals surface area contributed by atoms with E-state index < -0.39 is 0 Å². The molecule has 0 spiro atoms. The van der Waals surface area contributed by atoms with E-state index in [1.807, 2.05) is 24.3 Å². The Morgan fingerprint density at radius 1 is 1.32 bits per heavy atom. The fourth-order valence-electron chi connectivity index (χ4n) is 2.98. The molecule has 1 amide bonds. The van der Waals surface area contributed by atoms with Crippen LogP contribution in [-0.2, 0) is 4.79 Å². The molecule has 116 valence electrons. The molecule has 1 fully saturated rings. The lowest BCUT2D eigenvalue weighted by molar-refractivity contribution is -0.118. The predicted octanol–water partition coefficient (Wildman–Crippen LogP) is 3.23. The van der Waals surface area contributed by atoms with Crippen LogP contribution in [0.4, 0.5) is 5.69 Å². The number of anilines is 1. The molecule has 5 nitrogen and oxygen atoms in total. The highest BCUT2D eigenvalue weighted by Gasteiger charge is 2.26. The minimum Gasteiger partial charge on any atom is -0.468 e. The van der Waals surface area contributed by atoms with Gasteiger partial charge in [-0.15, -0.1) is 0 Å².